The smallest absolute Gasteiger partial charge is 0.254 e. The van der Waals surface area contributed by atoms with Crippen LogP contribution in [0.25, 0.3) is 0 Å². The Morgan fingerprint density at radius 2 is 2.24 bits per heavy atom. The molecule has 2 nitrogen and oxygen atoms in total. The molecule has 0 saturated heterocycles. The van der Waals surface area contributed by atoms with Gasteiger partial charge in [-0.25, -0.2) is 4.39 Å². The van der Waals surface area contributed by atoms with Crippen LogP contribution in [0.2, 0.25) is 0 Å². The Morgan fingerprint density at radius 3 is 2.82 bits per heavy atom. The molecule has 1 saturated carbocycles. The molecule has 0 heterocycles. The fourth-order valence-corrected chi connectivity index (χ4v) is 1.99. The minimum absolute atomic E-state index is 0.138. The molecular weight excluding hydrogens is 217 g/mol. The van der Waals surface area contributed by atoms with Gasteiger partial charge in [0.05, 0.1) is 5.56 Å². The summed E-state index contributed by atoms with van der Waals surface area (Å²) in [4.78, 5) is 11.8. The number of hydrogen-bond donors (Lipinski definition) is 1. The van der Waals surface area contributed by atoms with Crippen LogP contribution in [-0.2, 0) is 0 Å². The van der Waals surface area contributed by atoms with Gasteiger partial charge in [0, 0.05) is 6.54 Å². The van der Waals surface area contributed by atoms with Crippen molar-refractivity contribution >= 4 is 5.91 Å². The van der Waals surface area contributed by atoms with E-state index in [4.69, 9.17) is 0 Å². The Hall–Kier alpha value is -1.38. The summed E-state index contributed by atoms with van der Waals surface area (Å²) in [6.07, 6.45) is 2.52. The largest absolute Gasteiger partial charge is 0.352 e. The normalized spacial score (nSPS) is 16.6. The molecule has 3 heteroatoms. The molecule has 1 unspecified atom stereocenters. The first-order valence-corrected chi connectivity index (χ1v) is 6.12. The predicted molar refractivity (Wildman–Crippen MR) is 65.4 cm³/mol. The Labute approximate surface area is 101 Å². The van der Waals surface area contributed by atoms with Gasteiger partial charge in [0.25, 0.3) is 5.91 Å². The lowest BCUT2D eigenvalue weighted by Crippen LogP contribution is -2.29. The minimum atomic E-state index is -0.443. The van der Waals surface area contributed by atoms with Crippen LogP contribution in [0.3, 0.4) is 0 Å². The van der Waals surface area contributed by atoms with Gasteiger partial charge in [0.15, 0.2) is 0 Å². The van der Waals surface area contributed by atoms with Crippen molar-refractivity contribution in [2.75, 3.05) is 6.54 Å². The molecule has 0 spiro atoms. The van der Waals surface area contributed by atoms with Crippen molar-refractivity contribution in [3.05, 3.63) is 35.1 Å². The lowest BCUT2D eigenvalue weighted by Gasteiger charge is -2.11. The van der Waals surface area contributed by atoms with E-state index in [0.29, 0.717) is 12.5 Å². The van der Waals surface area contributed by atoms with E-state index in [-0.39, 0.29) is 11.5 Å². The second-order valence-corrected chi connectivity index (χ2v) is 5.01. The van der Waals surface area contributed by atoms with Gasteiger partial charge in [0.2, 0.25) is 0 Å². The van der Waals surface area contributed by atoms with Crippen molar-refractivity contribution in [2.45, 2.75) is 26.7 Å². The molecule has 1 fully saturated rings. The quantitative estimate of drug-likeness (QED) is 0.854. The van der Waals surface area contributed by atoms with Crippen LogP contribution in [0.1, 0.15) is 35.7 Å². The molecule has 1 N–H and O–H groups in total. The Kier molecular flexibility index (Phi) is 3.46. The van der Waals surface area contributed by atoms with Crippen molar-refractivity contribution in [2.24, 2.45) is 11.8 Å². The third kappa shape index (κ3) is 3.05. The third-order valence-electron chi connectivity index (χ3n) is 3.38. The minimum Gasteiger partial charge on any atom is -0.352 e. The van der Waals surface area contributed by atoms with Gasteiger partial charge < -0.3 is 5.32 Å². The topological polar surface area (TPSA) is 29.1 Å². The summed E-state index contributed by atoms with van der Waals surface area (Å²) >= 11 is 0. The molecular formula is C14H18FNO. The number of halogens is 1. The van der Waals surface area contributed by atoms with Gasteiger partial charge in [-0.15, -0.1) is 0 Å². The average molecular weight is 235 g/mol. The van der Waals surface area contributed by atoms with Crippen molar-refractivity contribution in [3.8, 4) is 0 Å². The highest BCUT2D eigenvalue weighted by Gasteiger charge is 2.28. The Bertz CT molecular complexity index is 426. The number of hydrogen-bond acceptors (Lipinski definition) is 1. The summed E-state index contributed by atoms with van der Waals surface area (Å²) in [6, 6.07) is 4.68. The van der Waals surface area contributed by atoms with Crippen LogP contribution in [0.5, 0.6) is 0 Å². The molecule has 1 atom stereocenters. The molecule has 17 heavy (non-hydrogen) atoms. The fourth-order valence-electron chi connectivity index (χ4n) is 1.99. The van der Waals surface area contributed by atoms with E-state index in [9.17, 15) is 9.18 Å². The number of nitrogens with one attached hydrogen (secondary N) is 1. The van der Waals surface area contributed by atoms with E-state index >= 15 is 0 Å². The zero-order chi connectivity index (χ0) is 12.4. The third-order valence-corrected chi connectivity index (χ3v) is 3.38. The standard InChI is InChI=1S/C14H18FNO/c1-9-3-6-12(13(15)7-9)14(17)16-8-10(2)11-4-5-11/h3,6-7,10-11H,4-5,8H2,1-2H3,(H,16,17). The van der Waals surface area contributed by atoms with Gasteiger partial charge in [0.1, 0.15) is 5.82 Å². The van der Waals surface area contributed by atoms with Crippen molar-refractivity contribution < 1.29 is 9.18 Å². The first kappa shape index (κ1) is 12.1. The molecule has 1 aliphatic rings. The van der Waals surface area contributed by atoms with Crippen molar-refractivity contribution in [3.63, 3.8) is 0 Å². The molecule has 0 aromatic heterocycles. The number of amides is 1. The monoisotopic (exact) mass is 235 g/mol. The maximum atomic E-state index is 13.5. The lowest BCUT2D eigenvalue weighted by molar-refractivity contribution is 0.0942. The first-order chi connectivity index (χ1) is 8.08. The molecule has 1 aliphatic carbocycles. The van der Waals surface area contributed by atoms with E-state index in [2.05, 4.69) is 12.2 Å². The van der Waals surface area contributed by atoms with Crippen LogP contribution in [0.15, 0.2) is 18.2 Å². The zero-order valence-electron chi connectivity index (χ0n) is 10.3. The van der Waals surface area contributed by atoms with Crippen LogP contribution < -0.4 is 5.32 Å². The molecule has 0 radical (unpaired) electrons. The fraction of sp³-hybridized carbons (Fsp3) is 0.500. The van der Waals surface area contributed by atoms with E-state index in [1.165, 1.54) is 18.9 Å². The maximum Gasteiger partial charge on any atom is 0.254 e. The number of aryl methyl sites for hydroxylation is 1. The number of carbonyl (C=O) groups is 1. The van der Waals surface area contributed by atoms with E-state index < -0.39 is 5.82 Å². The van der Waals surface area contributed by atoms with E-state index in [1.807, 2.05) is 0 Å². The molecule has 0 bridgehead atoms. The second kappa shape index (κ2) is 4.86. The van der Waals surface area contributed by atoms with Crippen LogP contribution in [0.4, 0.5) is 4.39 Å². The van der Waals surface area contributed by atoms with Crippen molar-refractivity contribution in [1.82, 2.24) is 5.32 Å². The van der Waals surface area contributed by atoms with Crippen LogP contribution >= 0.6 is 0 Å². The van der Waals surface area contributed by atoms with Gasteiger partial charge >= 0.3 is 0 Å². The summed E-state index contributed by atoms with van der Waals surface area (Å²) in [5, 5.41) is 2.80. The zero-order valence-corrected chi connectivity index (χ0v) is 10.3. The van der Waals surface area contributed by atoms with Gasteiger partial charge in [-0.3, -0.25) is 4.79 Å². The summed E-state index contributed by atoms with van der Waals surface area (Å²) in [5.41, 5.74) is 0.962. The van der Waals surface area contributed by atoms with Gasteiger partial charge in [-0.2, -0.15) is 0 Å². The molecule has 0 aliphatic heterocycles. The lowest BCUT2D eigenvalue weighted by atomic mass is 10.1. The highest BCUT2D eigenvalue weighted by molar-refractivity contribution is 5.94. The number of rotatable bonds is 4. The van der Waals surface area contributed by atoms with Crippen LogP contribution in [-0.4, -0.2) is 12.5 Å². The maximum absolute atomic E-state index is 13.5. The summed E-state index contributed by atoms with van der Waals surface area (Å²) < 4.78 is 13.5. The highest BCUT2D eigenvalue weighted by atomic mass is 19.1. The second-order valence-electron chi connectivity index (χ2n) is 5.01. The van der Waals surface area contributed by atoms with Crippen LogP contribution in [0, 0.1) is 24.6 Å². The van der Waals surface area contributed by atoms with Gasteiger partial charge in [-0.1, -0.05) is 13.0 Å². The first-order valence-electron chi connectivity index (χ1n) is 6.12. The molecule has 1 aromatic rings. The van der Waals surface area contributed by atoms with E-state index in [1.54, 1.807) is 19.1 Å². The summed E-state index contributed by atoms with van der Waals surface area (Å²) in [6.45, 7) is 4.57. The van der Waals surface area contributed by atoms with E-state index in [0.717, 1.165) is 11.5 Å². The molecule has 1 amide bonds. The number of benzene rings is 1. The van der Waals surface area contributed by atoms with Crippen molar-refractivity contribution in [1.29, 1.82) is 0 Å². The number of carbonyl (C=O) groups excluding carboxylic acids is 1. The SMILES string of the molecule is Cc1ccc(C(=O)NCC(C)C2CC2)c(F)c1. The molecule has 92 valence electrons. The average Bonchev–Trinajstić information content (AvgIpc) is 3.09. The summed E-state index contributed by atoms with van der Waals surface area (Å²) in [5.74, 6) is 0.488. The predicted octanol–water partition coefficient (Wildman–Crippen LogP) is 2.91. The molecule has 1 aromatic carbocycles. The summed E-state index contributed by atoms with van der Waals surface area (Å²) in [7, 11) is 0. The Morgan fingerprint density at radius 1 is 1.53 bits per heavy atom. The highest BCUT2D eigenvalue weighted by Crippen LogP contribution is 2.36. The molecule has 2 rings (SSSR count). The van der Waals surface area contributed by atoms with Gasteiger partial charge in [-0.05, 0) is 49.3 Å². The Balaban J connectivity index is 1.94.